The first-order valence-electron chi connectivity index (χ1n) is 5.76. The van der Waals surface area contributed by atoms with E-state index < -0.39 is 53.7 Å². The Morgan fingerprint density at radius 2 is 1.62 bits per heavy atom. The maximum absolute atomic E-state index is 13.3. The molecule has 0 spiro atoms. The van der Waals surface area contributed by atoms with Gasteiger partial charge in [-0.1, -0.05) is 0 Å². The van der Waals surface area contributed by atoms with Crippen LogP contribution in [0.5, 0.6) is 0 Å². The van der Waals surface area contributed by atoms with Crippen LogP contribution in [-0.4, -0.2) is 33.3 Å². The molecule has 0 saturated heterocycles. The van der Waals surface area contributed by atoms with E-state index in [1.807, 2.05) is 0 Å². The summed E-state index contributed by atoms with van der Waals surface area (Å²) < 4.78 is 61.2. The average Bonchev–Trinajstić information content (AvgIpc) is 2.40. The Balaban J connectivity index is 3.64. The number of nitro groups is 1. The lowest BCUT2D eigenvalue weighted by atomic mass is 10.3. The molecule has 0 amide bonds. The molecule has 0 unspecified atom stereocenters. The van der Waals surface area contributed by atoms with Gasteiger partial charge in [0, 0.05) is 6.07 Å². The summed E-state index contributed by atoms with van der Waals surface area (Å²) in [6, 6.07) is 2.09. The second-order valence-electron chi connectivity index (χ2n) is 3.89. The van der Waals surface area contributed by atoms with Crippen LogP contribution in [0.25, 0.3) is 0 Å². The molecule has 1 rings (SSSR count). The highest BCUT2D eigenvalue weighted by Gasteiger charge is 2.33. The third-order valence-corrected chi connectivity index (χ3v) is 6.83. The van der Waals surface area contributed by atoms with Crippen molar-refractivity contribution in [3.63, 3.8) is 0 Å². The normalized spacial score (nSPS) is 12.1. The first kappa shape index (κ1) is 17.3. The number of nitro benzene ring substituents is 1. The lowest BCUT2D eigenvalue weighted by Gasteiger charge is -2.22. The average molecular weight is 340 g/mol. The van der Waals surface area contributed by atoms with E-state index in [4.69, 9.17) is 0 Å². The molecule has 1 aromatic carbocycles. The van der Waals surface area contributed by atoms with Gasteiger partial charge in [0.05, 0.1) is 22.1 Å². The van der Waals surface area contributed by atoms with Crippen LogP contribution in [-0.2, 0) is 20.0 Å². The summed E-state index contributed by atoms with van der Waals surface area (Å²) >= 11 is 0. The van der Waals surface area contributed by atoms with E-state index in [0.717, 1.165) is 6.07 Å². The number of sulfonamides is 2. The largest absolute Gasteiger partial charge is 0.306 e. The molecule has 0 bridgehead atoms. The molecular weight excluding hydrogens is 327 g/mol. The van der Waals surface area contributed by atoms with E-state index in [1.54, 1.807) is 0 Å². The highest BCUT2D eigenvalue weighted by Crippen LogP contribution is 2.28. The van der Waals surface area contributed by atoms with E-state index >= 15 is 0 Å². The molecule has 11 heteroatoms. The zero-order valence-electron chi connectivity index (χ0n) is 11.2. The Kier molecular flexibility index (Phi) is 4.89. The number of benzene rings is 1. The number of halogens is 1. The Bertz CT molecular complexity index is 726. The quantitative estimate of drug-likeness (QED) is 0.568. The molecule has 0 aliphatic rings. The molecule has 1 aromatic rings. The maximum atomic E-state index is 13.3. The molecule has 0 atom stereocenters. The molecule has 0 aliphatic carbocycles. The predicted molar refractivity (Wildman–Crippen MR) is 74.5 cm³/mol. The monoisotopic (exact) mass is 340 g/mol. The van der Waals surface area contributed by atoms with Crippen molar-refractivity contribution < 1.29 is 26.1 Å². The molecular formula is C10H13FN2O6S2. The fourth-order valence-electron chi connectivity index (χ4n) is 1.48. The van der Waals surface area contributed by atoms with Gasteiger partial charge >= 0.3 is 5.69 Å². The fraction of sp³-hybridized carbons (Fsp3) is 0.400. The van der Waals surface area contributed by atoms with Gasteiger partial charge in [-0.15, -0.1) is 0 Å². The van der Waals surface area contributed by atoms with Crippen LogP contribution in [0.4, 0.5) is 15.8 Å². The van der Waals surface area contributed by atoms with Crippen LogP contribution in [0.15, 0.2) is 18.2 Å². The molecule has 118 valence electrons. The molecule has 0 aliphatic heterocycles. The molecule has 0 radical (unpaired) electrons. The summed E-state index contributed by atoms with van der Waals surface area (Å²) in [7, 11) is -8.48. The minimum atomic E-state index is -4.24. The van der Waals surface area contributed by atoms with Gasteiger partial charge in [-0.25, -0.2) is 16.8 Å². The van der Waals surface area contributed by atoms with E-state index in [1.165, 1.54) is 13.8 Å². The highest BCUT2D eigenvalue weighted by atomic mass is 32.3. The second kappa shape index (κ2) is 5.93. The fourth-order valence-corrected chi connectivity index (χ4v) is 4.84. The molecule has 8 nitrogen and oxygen atoms in total. The summed E-state index contributed by atoms with van der Waals surface area (Å²) in [5.41, 5.74) is -1.50. The van der Waals surface area contributed by atoms with Gasteiger partial charge in [-0.05, 0) is 26.0 Å². The third-order valence-electron chi connectivity index (χ3n) is 2.57. The Morgan fingerprint density at radius 1 is 1.14 bits per heavy atom. The van der Waals surface area contributed by atoms with Gasteiger partial charge < -0.3 is 0 Å². The number of rotatable bonds is 6. The SMILES string of the molecule is CCS(=O)(=O)N(c1ccc(F)c([N+](=O)[O-])c1)S(=O)(=O)CC. The van der Waals surface area contributed by atoms with Crippen molar-refractivity contribution in [3.8, 4) is 0 Å². The van der Waals surface area contributed by atoms with Gasteiger partial charge in [0.15, 0.2) is 0 Å². The van der Waals surface area contributed by atoms with E-state index in [0.29, 0.717) is 12.1 Å². The standard InChI is InChI=1S/C10H13FN2O6S2/c1-3-20(16,17)13(21(18,19)4-2)8-5-6-9(11)10(7-8)12(14)15/h5-7H,3-4H2,1-2H3. The summed E-state index contributed by atoms with van der Waals surface area (Å²) in [6.07, 6.45) is 0. The topological polar surface area (TPSA) is 115 Å². The van der Waals surface area contributed by atoms with Crippen LogP contribution in [0.3, 0.4) is 0 Å². The van der Waals surface area contributed by atoms with Crippen molar-refractivity contribution in [2.24, 2.45) is 0 Å². The minimum absolute atomic E-state index is 0.104. The molecule has 0 N–H and O–H groups in total. The van der Waals surface area contributed by atoms with Crippen molar-refractivity contribution in [2.75, 3.05) is 15.2 Å². The van der Waals surface area contributed by atoms with Crippen LogP contribution >= 0.6 is 0 Å². The van der Waals surface area contributed by atoms with E-state index in [2.05, 4.69) is 0 Å². The lowest BCUT2D eigenvalue weighted by Crippen LogP contribution is -2.39. The highest BCUT2D eigenvalue weighted by molar-refractivity contribution is 8.10. The zero-order valence-corrected chi connectivity index (χ0v) is 12.8. The molecule has 21 heavy (non-hydrogen) atoms. The second-order valence-corrected chi connectivity index (χ2v) is 8.33. The van der Waals surface area contributed by atoms with Crippen molar-refractivity contribution in [3.05, 3.63) is 34.1 Å². The number of hydrogen-bond donors (Lipinski definition) is 0. The van der Waals surface area contributed by atoms with Crippen molar-refractivity contribution in [1.82, 2.24) is 0 Å². The number of nitrogens with zero attached hydrogens (tertiary/aromatic N) is 2. The first-order valence-corrected chi connectivity index (χ1v) is 8.98. The van der Waals surface area contributed by atoms with Gasteiger partial charge in [0.1, 0.15) is 0 Å². The molecule has 0 saturated carbocycles. The van der Waals surface area contributed by atoms with E-state index in [9.17, 15) is 31.3 Å². The Hall–Kier alpha value is -1.75. The molecule has 0 fully saturated rings. The van der Waals surface area contributed by atoms with E-state index in [-0.39, 0.29) is 3.71 Å². The molecule has 0 heterocycles. The summed E-state index contributed by atoms with van der Waals surface area (Å²) in [6.45, 7) is 2.46. The van der Waals surface area contributed by atoms with Crippen molar-refractivity contribution >= 4 is 31.4 Å². The third kappa shape index (κ3) is 3.47. The van der Waals surface area contributed by atoms with Gasteiger partial charge in [-0.2, -0.15) is 8.10 Å². The summed E-state index contributed by atoms with van der Waals surface area (Å²) in [5, 5.41) is 10.7. The predicted octanol–water partition coefficient (Wildman–Crippen LogP) is 1.24. The Labute approximate surface area is 121 Å². The lowest BCUT2D eigenvalue weighted by molar-refractivity contribution is -0.387. The zero-order chi connectivity index (χ0) is 16.4. The van der Waals surface area contributed by atoms with Gasteiger partial charge in [0.25, 0.3) is 0 Å². The number of anilines is 1. The van der Waals surface area contributed by atoms with Gasteiger partial charge in [0.2, 0.25) is 25.9 Å². The van der Waals surface area contributed by atoms with Crippen LogP contribution in [0.2, 0.25) is 0 Å². The summed E-state index contributed by atoms with van der Waals surface area (Å²) in [5.74, 6) is -2.25. The van der Waals surface area contributed by atoms with Crippen LogP contribution < -0.4 is 3.71 Å². The van der Waals surface area contributed by atoms with Gasteiger partial charge in [-0.3, -0.25) is 10.1 Å². The van der Waals surface area contributed by atoms with Crippen LogP contribution in [0.1, 0.15) is 13.8 Å². The number of hydrogen-bond acceptors (Lipinski definition) is 6. The minimum Gasteiger partial charge on any atom is -0.258 e. The van der Waals surface area contributed by atoms with Crippen molar-refractivity contribution in [1.29, 1.82) is 0 Å². The van der Waals surface area contributed by atoms with Crippen LogP contribution in [0, 0.1) is 15.9 Å². The van der Waals surface area contributed by atoms with Crippen molar-refractivity contribution in [2.45, 2.75) is 13.8 Å². The smallest absolute Gasteiger partial charge is 0.258 e. The summed E-state index contributed by atoms with van der Waals surface area (Å²) in [4.78, 5) is 9.62. The maximum Gasteiger partial charge on any atom is 0.306 e. The Morgan fingerprint density at radius 3 is 2.00 bits per heavy atom. The molecule has 0 aromatic heterocycles. The first-order chi connectivity index (χ1) is 9.56.